The Morgan fingerprint density at radius 3 is 2.27 bits per heavy atom. The zero-order valence-electron chi connectivity index (χ0n) is 16.9. The number of amides is 1. The molecule has 0 bridgehead atoms. The number of hydrogen-bond acceptors (Lipinski definition) is 4. The fourth-order valence-electron chi connectivity index (χ4n) is 3.70. The van der Waals surface area contributed by atoms with Crippen LogP contribution in [0.15, 0.2) is 66.7 Å². The van der Waals surface area contributed by atoms with Gasteiger partial charge in [0.25, 0.3) is 0 Å². The minimum atomic E-state index is 0.245. The van der Waals surface area contributed by atoms with Gasteiger partial charge in [-0.2, -0.15) is 0 Å². The van der Waals surface area contributed by atoms with Crippen LogP contribution in [0, 0.1) is 0 Å². The zero-order chi connectivity index (χ0) is 20.8. The third-order valence-electron chi connectivity index (χ3n) is 5.45. The van der Waals surface area contributed by atoms with Crippen LogP contribution in [0.3, 0.4) is 0 Å². The summed E-state index contributed by atoms with van der Waals surface area (Å²) in [5.41, 5.74) is 3.10. The predicted molar refractivity (Wildman–Crippen MR) is 121 cm³/mol. The summed E-state index contributed by atoms with van der Waals surface area (Å²) < 4.78 is 0. The molecule has 1 amide bonds. The highest BCUT2D eigenvalue weighted by Crippen LogP contribution is 2.21. The van der Waals surface area contributed by atoms with Crippen molar-refractivity contribution >= 4 is 23.3 Å². The number of hydrogen-bond donors (Lipinski definition) is 0. The second-order valence-corrected chi connectivity index (χ2v) is 7.93. The SMILES string of the molecule is O=C(CCCc1ccccc1)N1CCN(c2ccc(-c3ccc(Cl)cc3)nn2)CC1. The highest BCUT2D eigenvalue weighted by Gasteiger charge is 2.21. The van der Waals surface area contributed by atoms with E-state index in [0.717, 1.165) is 56.1 Å². The largest absolute Gasteiger partial charge is 0.352 e. The summed E-state index contributed by atoms with van der Waals surface area (Å²) in [5.74, 6) is 1.10. The lowest BCUT2D eigenvalue weighted by Gasteiger charge is -2.35. The molecule has 3 aromatic rings. The second-order valence-electron chi connectivity index (χ2n) is 7.49. The van der Waals surface area contributed by atoms with E-state index >= 15 is 0 Å². The molecule has 1 fully saturated rings. The van der Waals surface area contributed by atoms with E-state index in [1.807, 2.05) is 59.5 Å². The predicted octanol–water partition coefficient (Wildman–Crippen LogP) is 4.47. The molecule has 1 aliphatic heterocycles. The Balaban J connectivity index is 1.25. The standard InChI is InChI=1S/C24H25ClN4O/c25-21-11-9-20(10-12-21)22-13-14-23(27-26-22)28-15-17-29(18-16-28)24(30)8-4-7-19-5-2-1-3-6-19/h1-3,5-6,9-14H,4,7-8,15-18H2. The summed E-state index contributed by atoms with van der Waals surface area (Å²) in [7, 11) is 0. The van der Waals surface area contributed by atoms with Crippen LogP contribution in [-0.2, 0) is 11.2 Å². The number of anilines is 1. The molecule has 2 heterocycles. The van der Waals surface area contributed by atoms with E-state index in [1.165, 1.54) is 5.56 Å². The van der Waals surface area contributed by atoms with Crippen LogP contribution in [0.5, 0.6) is 0 Å². The first kappa shape index (κ1) is 20.4. The van der Waals surface area contributed by atoms with Gasteiger partial charge in [-0.05, 0) is 42.7 Å². The summed E-state index contributed by atoms with van der Waals surface area (Å²) >= 11 is 5.95. The van der Waals surface area contributed by atoms with Gasteiger partial charge in [-0.3, -0.25) is 4.79 Å². The van der Waals surface area contributed by atoms with E-state index in [9.17, 15) is 4.79 Å². The number of piperazine rings is 1. The fourth-order valence-corrected chi connectivity index (χ4v) is 3.83. The van der Waals surface area contributed by atoms with Crippen LogP contribution in [0.4, 0.5) is 5.82 Å². The molecule has 0 unspecified atom stereocenters. The summed E-state index contributed by atoms with van der Waals surface area (Å²) in [6, 6.07) is 21.9. The van der Waals surface area contributed by atoms with Crippen LogP contribution < -0.4 is 4.90 Å². The Labute approximate surface area is 182 Å². The van der Waals surface area contributed by atoms with Gasteiger partial charge < -0.3 is 9.80 Å². The summed E-state index contributed by atoms with van der Waals surface area (Å²) in [6.07, 6.45) is 2.44. The number of benzene rings is 2. The first-order chi connectivity index (χ1) is 14.7. The minimum absolute atomic E-state index is 0.245. The monoisotopic (exact) mass is 420 g/mol. The van der Waals surface area contributed by atoms with Gasteiger partial charge in [-0.15, -0.1) is 10.2 Å². The molecule has 0 spiro atoms. The molecule has 0 N–H and O–H groups in total. The molecule has 1 aromatic heterocycles. The molecule has 1 aliphatic rings. The Morgan fingerprint density at radius 1 is 0.867 bits per heavy atom. The average molecular weight is 421 g/mol. The Kier molecular flexibility index (Phi) is 6.60. The molecule has 30 heavy (non-hydrogen) atoms. The van der Waals surface area contributed by atoms with Gasteiger partial charge in [0.15, 0.2) is 5.82 Å². The fraction of sp³-hybridized carbons (Fsp3) is 0.292. The van der Waals surface area contributed by atoms with Crippen molar-refractivity contribution in [2.45, 2.75) is 19.3 Å². The van der Waals surface area contributed by atoms with Gasteiger partial charge in [-0.25, -0.2) is 0 Å². The molecular formula is C24H25ClN4O. The summed E-state index contributed by atoms with van der Waals surface area (Å²) in [6.45, 7) is 3.01. The molecule has 2 aromatic carbocycles. The molecular weight excluding hydrogens is 396 g/mol. The van der Waals surface area contributed by atoms with Gasteiger partial charge in [0.1, 0.15) is 0 Å². The molecule has 1 saturated heterocycles. The van der Waals surface area contributed by atoms with Gasteiger partial charge in [0.2, 0.25) is 5.91 Å². The maximum atomic E-state index is 12.5. The Bertz CT molecular complexity index is 953. The molecule has 0 saturated carbocycles. The number of rotatable bonds is 6. The van der Waals surface area contributed by atoms with Crippen LogP contribution in [-0.4, -0.2) is 47.2 Å². The molecule has 0 atom stereocenters. The minimum Gasteiger partial charge on any atom is -0.352 e. The molecule has 4 rings (SSSR count). The first-order valence-electron chi connectivity index (χ1n) is 10.4. The van der Waals surface area contributed by atoms with E-state index < -0.39 is 0 Å². The molecule has 0 aliphatic carbocycles. The van der Waals surface area contributed by atoms with E-state index in [0.29, 0.717) is 11.4 Å². The number of carbonyl (C=O) groups is 1. The lowest BCUT2D eigenvalue weighted by molar-refractivity contribution is -0.131. The second kappa shape index (κ2) is 9.72. The molecule has 154 valence electrons. The quantitative estimate of drug-likeness (QED) is 0.590. The smallest absolute Gasteiger partial charge is 0.222 e. The van der Waals surface area contributed by atoms with Crippen LogP contribution in [0.1, 0.15) is 18.4 Å². The van der Waals surface area contributed by atoms with Crippen LogP contribution in [0.2, 0.25) is 5.02 Å². The molecule has 5 nitrogen and oxygen atoms in total. The highest BCUT2D eigenvalue weighted by molar-refractivity contribution is 6.30. The van der Waals surface area contributed by atoms with Crippen molar-refractivity contribution in [1.82, 2.24) is 15.1 Å². The average Bonchev–Trinajstić information content (AvgIpc) is 2.80. The number of halogens is 1. The third-order valence-corrected chi connectivity index (χ3v) is 5.70. The van der Waals surface area contributed by atoms with E-state index in [-0.39, 0.29) is 5.91 Å². The number of nitrogens with zero attached hydrogens (tertiary/aromatic N) is 4. The summed E-state index contributed by atoms with van der Waals surface area (Å²) in [5, 5.41) is 9.46. The highest BCUT2D eigenvalue weighted by atomic mass is 35.5. The van der Waals surface area contributed by atoms with Gasteiger partial charge in [0, 0.05) is 43.2 Å². The van der Waals surface area contributed by atoms with Gasteiger partial charge >= 0.3 is 0 Å². The van der Waals surface area contributed by atoms with Crippen molar-refractivity contribution in [1.29, 1.82) is 0 Å². The first-order valence-corrected chi connectivity index (χ1v) is 10.7. The molecule has 0 radical (unpaired) electrons. The van der Waals surface area contributed by atoms with Crippen LogP contribution in [0.25, 0.3) is 11.3 Å². The van der Waals surface area contributed by atoms with Crippen molar-refractivity contribution in [3.8, 4) is 11.3 Å². The van der Waals surface area contributed by atoms with Crippen molar-refractivity contribution in [3.63, 3.8) is 0 Å². The number of aryl methyl sites for hydroxylation is 1. The maximum Gasteiger partial charge on any atom is 0.222 e. The summed E-state index contributed by atoms with van der Waals surface area (Å²) in [4.78, 5) is 16.7. The third kappa shape index (κ3) is 5.16. The number of aromatic nitrogens is 2. The van der Waals surface area contributed by atoms with Crippen molar-refractivity contribution in [2.75, 3.05) is 31.1 Å². The van der Waals surface area contributed by atoms with E-state index in [4.69, 9.17) is 11.6 Å². The van der Waals surface area contributed by atoms with Gasteiger partial charge in [-0.1, -0.05) is 54.1 Å². The van der Waals surface area contributed by atoms with Crippen molar-refractivity contribution in [3.05, 3.63) is 77.3 Å². The van der Waals surface area contributed by atoms with E-state index in [1.54, 1.807) is 0 Å². The van der Waals surface area contributed by atoms with Crippen LogP contribution >= 0.6 is 11.6 Å². The molecule has 6 heteroatoms. The van der Waals surface area contributed by atoms with Gasteiger partial charge in [0.05, 0.1) is 5.69 Å². The Morgan fingerprint density at radius 2 is 1.60 bits per heavy atom. The lowest BCUT2D eigenvalue weighted by Crippen LogP contribution is -2.49. The lowest BCUT2D eigenvalue weighted by atomic mass is 10.1. The normalized spacial score (nSPS) is 14.0. The maximum absolute atomic E-state index is 12.5. The van der Waals surface area contributed by atoms with Crippen molar-refractivity contribution in [2.24, 2.45) is 0 Å². The zero-order valence-corrected chi connectivity index (χ0v) is 17.6. The van der Waals surface area contributed by atoms with E-state index in [2.05, 4.69) is 27.2 Å². The topological polar surface area (TPSA) is 49.3 Å². The Hall–Kier alpha value is -2.92. The number of carbonyl (C=O) groups excluding carboxylic acids is 1. The van der Waals surface area contributed by atoms with Crippen molar-refractivity contribution < 1.29 is 4.79 Å².